The lowest BCUT2D eigenvalue weighted by molar-refractivity contribution is -0.137. The standard InChI is InChI=1S/C13H13FN2O3/c1-8(6-12(17)18)5-11-15-16-13(19-11)9-3-2-4-10(14)7-9/h2-4,7-8H,5-6H2,1H3,(H,17,18). The van der Waals surface area contributed by atoms with Gasteiger partial charge < -0.3 is 9.52 Å². The second kappa shape index (κ2) is 5.60. The molecule has 0 aliphatic heterocycles. The lowest BCUT2D eigenvalue weighted by atomic mass is 10.0. The number of aliphatic carboxylic acids is 1. The van der Waals surface area contributed by atoms with Crippen LogP contribution in [0.3, 0.4) is 0 Å². The first-order valence-electron chi connectivity index (χ1n) is 5.84. The van der Waals surface area contributed by atoms with E-state index in [1.807, 2.05) is 0 Å². The fourth-order valence-corrected chi connectivity index (χ4v) is 1.74. The number of rotatable bonds is 5. The summed E-state index contributed by atoms with van der Waals surface area (Å²) >= 11 is 0. The highest BCUT2D eigenvalue weighted by Gasteiger charge is 2.14. The summed E-state index contributed by atoms with van der Waals surface area (Å²) in [5, 5.41) is 16.3. The maximum Gasteiger partial charge on any atom is 0.303 e. The minimum Gasteiger partial charge on any atom is -0.481 e. The molecule has 0 saturated heterocycles. The molecule has 0 fully saturated rings. The molecule has 0 aliphatic carbocycles. The molecule has 19 heavy (non-hydrogen) atoms. The van der Waals surface area contributed by atoms with Gasteiger partial charge in [0, 0.05) is 18.4 Å². The van der Waals surface area contributed by atoms with Gasteiger partial charge in [0.15, 0.2) is 0 Å². The smallest absolute Gasteiger partial charge is 0.303 e. The number of hydrogen-bond donors (Lipinski definition) is 1. The van der Waals surface area contributed by atoms with Gasteiger partial charge in [0.2, 0.25) is 11.8 Å². The number of benzene rings is 1. The molecule has 5 nitrogen and oxygen atoms in total. The lowest BCUT2D eigenvalue weighted by Gasteiger charge is -2.03. The Kier molecular flexibility index (Phi) is 3.89. The second-order valence-electron chi connectivity index (χ2n) is 4.42. The molecule has 0 amide bonds. The fraction of sp³-hybridized carbons (Fsp3) is 0.308. The van der Waals surface area contributed by atoms with Gasteiger partial charge in [-0.1, -0.05) is 13.0 Å². The van der Waals surface area contributed by atoms with E-state index in [-0.39, 0.29) is 24.0 Å². The number of carboxylic acid groups (broad SMARTS) is 1. The van der Waals surface area contributed by atoms with Crippen molar-refractivity contribution in [1.82, 2.24) is 10.2 Å². The molecule has 1 aromatic carbocycles. The lowest BCUT2D eigenvalue weighted by Crippen LogP contribution is -2.07. The quantitative estimate of drug-likeness (QED) is 0.898. The third-order valence-electron chi connectivity index (χ3n) is 2.58. The first-order chi connectivity index (χ1) is 9.04. The van der Waals surface area contributed by atoms with Crippen molar-refractivity contribution >= 4 is 5.97 Å². The molecule has 0 bridgehead atoms. The number of hydrogen-bond acceptors (Lipinski definition) is 4. The zero-order valence-electron chi connectivity index (χ0n) is 10.3. The van der Waals surface area contributed by atoms with Gasteiger partial charge in [-0.3, -0.25) is 4.79 Å². The second-order valence-corrected chi connectivity index (χ2v) is 4.42. The number of carboxylic acids is 1. The van der Waals surface area contributed by atoms with Crippen molar-refractivity contribution in [3.05, 3.63) is 36.0 Å². The van der Waals surface area contributed by atoms with Crippen LogP contribution in [0.2, 0.25) is 0 Å². The Labute approximate surface area is 109 Å². The van der Waals surface area contributed by atoms with E-state index in [0.717, 1.165) is 0 Å². The average molecular weight is 264 g/mol. The van der Waals surface area contributed by atoms with Gasteiger partial charge in [-0.25, -0.2) is 4.39 Å². The van der Waals surface area contributed by atoms with E-state index in [0.29, 0.717) is 17.9 Å². The Hall–Kier alpha value is -2.24. The van der Waals surface area contributed by atoms with Crippen molar-refractivity contribution in [2.45, 2.75) is 19.8 Å². The van der Waals surface area contributed by atoms with Crippen molar-refractivity contribution in [2.24, 2.45) is 5.92 Å². The molecule has 0 aliphatic rings. The highest BCUT2D eigenvalue weighted by atomic mass is 19.1. The molecule has 6 heteroatoms. The molecule has 1 heterocycles. The van der Waals surface area contributed by atoms with Crippen LogP contribution in [0.1, 0.15) is 19.2 Å². The van der Waals surface area contributed by atoms with E-state index < -0.39 is 5.97 Å². The molecule has 1 unspecified atom stereocenters. The van der Waals surface area contributed by atoms with Gasteiger partial charge in [0.05, 0.1) is 0 Å². The molecule has 100 valence electrons. The molecule has 0 radical (unpaired) electrons. The molecule has 1 aromatic heterocycles. The largest absolute Gasteiger partial charge is 0.481 e. The minimum atomic E-state index is -0.864. The highest BCUT2D eigenvalue weighted by molar-refractivity contribution is 5.66. The van der Waals surface area contributed by atoms with Crippen LogP contribution in [-0.4, -0.2) is 21.3 Å². The van der Waals surface area contributed by atoms with Gasteiger partial charge in [0.25, 0.3) is 0 Å². The Morgan fingerprint density at radius 2 is 2.26 bits per heavy atom. The minimum absolute atomic E-state index is 0.0394. The molecule has 2 rings (SSSR count). The summed E-state index contributed by atoms with van der Waals surface area (Å²) in [5.74, 6) is -0.753. The first kappa shape index (κ1) is 13.2. The monoisotopic (exact) mass is 264 g/mol. The highest BCUT2D eigenvalue weighted by Crippen LogP contribution is 2.20. The fourth-order valence-electron chi connectivity index (χ4n) is 1.74. The van der Waals surface area contributed by atoms with E-state index in [1.54, 1.807) is 19.1 Å². The molecule has 0 saturated carbocycles. The van der Waals surface area contributed by atoms with Gasteiger partial charge in [-0.05, 0) is 24.1 Å². The van der Waals surface area contributed by atoms with Crippen LogP contribution in [0.25, 0.3) is 11.5 Å². The Bertz CT molecular complexity index is 583. The van der Waals surface area contributed by atoms with Crippen molar-refractivity contribution < 1.29 is 18.7 Å². The predicted octanol–water partition coefficient (Wildman–Crippen LogP) is 2.53. The van der Waals surface area contributed by atoms with Crippen LogP contribution in [0.15, 0.2) is 28.7 Å². The maximum atomic E-state index is 13.1. The van der Waals surface area contributed by atoms with Gasteiger partial charge in [0.1, 0.15) is 5.82 Å². The molecular weight excluding hydrogens is 251 g/mol. The number of nitrogens with zero attached hydrogens (tertiary/aromatic N) is 2. The first-order valence-corrected chi connectivity index (χ1v) is 5.84. The van der Waals surface area contributed by atoms with Crippen LogP contribution in [-0.2, 0) is 11.2 Å². The summed E-state index contributed by atoms with van der Waals surface area (Å²) in [4.78, 5) is 10.6. The zero-order chi connectivity index (χ0) is 13.8. The van der Waals surface area contributed by atoms with Crippen molar-refractivity contribution in [1.29, 1.82) is 0 Å². The zero-order valence-corrected chi connectivity index (χ0v) is 10.3. The van der Waals surface area contributed by atoms with Crippen LogP contribution in [0.5, 0.6) is 0 Å². The summed E-state index contributed by atoms with van der Waals surface area (Å²) in [5.41, 5.74) is 0.504. The van der Waals surface area contributed by atoms with E-state index in [1.165, 1.54) is 12.1 Å². The molecular formula is C13H13FN2O3. The number of carbonyl (C=O) groups is 1. The molecule has 1 atom stereocenters. The summed E-state index contributed by atoms with van der Waals surface area (Å²) < 4.78 is 18.5. The molecule has 0 spiro atoms. The third kappa shape index (κ3) is 3.61. The van der Waals surface area contributed by atoms with Gasteiger partial charge in [-0.15, -0.1) is 10.2 Å². The molecule has 2 aromatic rings. The van der Waals surface area contributed by atoms with Crippen molar-refractivity contribution in [2.75, 3.05) is 0 Å². The number of halogens is 1. The van der Waals surface area contributed by atoms with Crippen LogP contribution < -0.4 is 0 Å². The van der Waals surface area contributed by atoms with Gasteiger partial charge in [-0.2, -0.15) is 0 Å². The van der Waals surface area contributed by atoms with E-state index in [4.69, 9.17) is 9.52 Å². The Morgan fingerprint density at radius 1 is 1.47 bits per heavy atom. The van der Waals surface area contributed by atoms with Gasteiger partial charge >= 0.3 is 5.97 Å². The summed E-state index contributed by atoms with van der Waals surface area (Å²) in [7, 11) is 0. The SMILES string of the molecule is CC(CC(=O)O)Cc1nnc(-c2cccc(F)c2)o1. The number of aromatic nitrogens is 2. The predicted molar refractivity (Wildman–Crippen MR) is 64.8 cm³/mol. The molecule has 1 N–H and O–H groups in total. The Balaban J connectivity index is 2.09. The van der Waals surface area contributed by atoms with Crippen LogP contribution in [0, 0.1) is 11.7 Å². The summed E-state index contributed by atoms with van der Waals surface area (Å²) in [6.45, 7) is 1.79. The summed E-state index contributed by atoms with van der Waals surface area (Å²) in [6.07, 6.45) is 0.423. The van der Waals surface area contributed by atoms with Crippen LogP contribution >= 0.6 is 0 Å². The van der Waals surface area contributed by atoms with E-state index in [9.17, 15) is 9.18 Å². The summed E-state index contributed by atoms with van der Waals surface area (Å²) in [6, 6.07) is 5.86. The third-order valence-corrected chi connectivity index (χ3v) is 2.58. The van der Waals surface area contributed by atoms with Crippen molar-refractivity contribution in [3.8, 4) is 11.5 Å². The topological polar surface area (TPSA) is 76.2 Å². The normalized spacial score (nSPS) is 12.3. The van der Waals surface area contributed by atoms with Crippen LogP contribution in [0.4, 0.5) is 4.39 Å². The Morgan fingerprint density at radius 3 is 2.95 bits per heavy atom. The van der Waals surface area contributed by atoms with Crippen molar-refractivity contribution in [3.63, 3.8) is 0 Å². The maximum absolute atomic E-state index is 13.1. The van der Waals surface area contributed by atoms with E-state index in [2.05, 4.69) is 10.2 Å². The van der Waals surface area contributed by atoms with E-state index >= 15 is 0 Å². The average Bonchev–Trinajstić information content (AvgIpc) is 2.76.